The van der Waals surface area contributed by atoms with Gasteiger partial charge in [0.2, 0.25) is 5.91 Å². The number of pyridine rings is 2. The number of hydrogen-bond acceptors (Lipinski definition) is 6. The van der Waals surface area contributed by atoms with E-state index in [4.69, 9.17) is 4.98 Å². The van der Waals surface area contributed by atoms with Gasteiger partial charge in [-0.3, -0.25) is 14.9 Å². The van der Waals surface area contributed by atoms with Crippen LogP contribution in [0.3, 0.4) is 0 Å². The molecule has 0 atom stereocenters. The summed E-state index contributed by atoms with van der Waals surface area (Å²) in [5.41, 5.74) is 7.92. The first kappa shape index (κ1) is 24.1. The number of fused-ring (bicyclic) bond motifs is 2. The molecule has 4 aromatic heterocycles. The Morgan fingerprint density at radius 3 is 2.71 bits per heavy atom. The molecule has 3 N–H and O–H groups in total. The van der Waals surface area contributed by atoms with E-state index in [0.717, 1.165) is 65.4 Å². The minimum Gasteiger partial charge on any atom is -0.368 e. The highest BCUT2D eigenvalue weighted by Crippen LogP contribution is 2.34. The number of likely N-dealkylation sites (N-methyl/N-ethyl adjacent to an activating group) is 1. The number of nitrogens with zero attached hydrogens (tertiary/aromatic N) is 5. The van der Waals surface area contributed by atoms with Crippen molar-refractivity contribution in [2.75, 3.05) is 43.4 Å². The Labute approximate surface area is 221 Å². The topological polar surface area (TPSA) is 106 Å². The van der Waals surface area contributed by atoms with Crippen LogP contribution in [0, 0.1) is 5.92 Å². The molecule has 194 valence electrons. The fraction of sp³-hybridized carbons (Fsp3) is 0.310. The number of carbonyl (C=O) groups is 1. The Bertz CT molecular complexity index is 1610. The predicted octanol–water partition coefficient (Wildman–Crippen LogP) is 4.90. The van der Waals surface area contributed by atoms with Crippen molar-refractivity contribution >= 4 is 39.2 Å². The van der Waals surface area contributed by atoms with Crippen LogP contribution in [-0.2, 0) is 4.79 Å². The molecule has 1 amide bonds. The smallest absolute Gasteiger partial charge is 0.224 e. The fourth-order valence-corrected chi connectivity index (χ4v) is 5.07. The second kappa shape index (κ2) is 9.90. The van der Waals surface area contributed by atoms with Gasteiger partial charge in [-0.05, 0) is 49.4 Å². The van der Waals surface area contributed by atoms with Gasteiger partial charge < -0.3 is 20.1 Å². The molecule has 0 unspecified atom stereocenters. The van der Waals surface area contributed by atoms with Crippen molar-refractivity contribution in [2.24, 2.45) is 5.92 Å². The first-order valence-corrected chi connectivity index (χ1v) is 13.1. The standard InChI is InChI=1S/C29H32N8O/c1-18(2)13-27(38)31-20-14-19(16-30-17-20)22-7-8-24-28(33-22)29(35-34-24)25-15-21-23(32-25)5-4-6-26(21)37-11-9-36(3)10-12-37/h4-8,14-18,32H,9-13H2,1-3H3,(H,31,38)(H,34,35). The number of anilines is 2. The molecule has 0 bridgehead atoms. The van der Waals surface area contributed by atoms with E-state index in [0.29, 0.717) is 12.1 Å². The number of amides is 1. The number of nitrogens with one attached hydrogen (secondary N) is 3. The number of H-pyrrole nitrogens is 2. The summed E-state index contributed by atoms with van der Waals surface area (Å²) >= 11 is 0. The predicted molar refractivity (Wildman–Crippen MR) is 152 cm³/mol. The van der Waals surface area contributed by atoms with Gasteiger partial charge in [0.15, 0.2) is 0 Å². The van der Waals surface area contributed by atoms with E-state index in [1.165, 1.54) is 11.1 Å². The van der Waals surface area contributed by atoms with Crippen LogP contribution in [0.5, 0.6) is 0 Å². The van der Waals surface area contributed by atoms with Crippen LogP contribution >= 0.6 is 0 Å². The van der Waals surface area contributed by atoms with Gasteiger partial charge in [0.25, 0.3) is 0 Å². The number of piperazine rings is 1. The van der Waals surface area contributed by atoms with Crippen molar-refractivity contribution < 1.29 is 4.79 Å². The lowest BCUT2D eigenvalue weighted by Gasteiger charge is -2.34. The average Bonchev–Trinajstić information content (AvgIpc) is 3.52. The molecule has 1 fully saturated rings. The minimum absolute atomic E-state index is 0.0192. The minimum atomic E-state index is -0.0192. The van der Waals surface area contributed by atoms with Crippen LogP contribution in [0.1, 0.15) is 20.3 Å². The molecule has 1 aliphatic heterocycles. The Kier molecular flexibility index (Phi) is 6.29. The van der Waals surface area contributed by atoms with Crippen molar-refractivity contribution in [1.29, 1.82) is 0 Å². The Hall–Kier alpha value is -4.24. The van der Waals surface area contributed by atoms with Gasteiger partial charge in [0, 0.05) is 61.0 Å². The zero-order valence-corrected chi connectivity index (χ0v) is 22.0. The Balaban J connectivity index is 1.34. The molecular weight excluding hydrogens is 476 g/mol. The van der Waals surface area contributed by atoms with Gasteiger partial charge in [-0.1, -0.05) is 19.9 Å². The van der Waals surface area contributed by atoms with Crippen LogP contribution in [0.15, 0.2) is 54.9 Å². The number of benzene rings is 1. The second-order valence-electron chi connectivity index (χ2n) is 10.5. The molecule has 5 aromatic rings. The number of rotatable bonds is 6. The van der Waals surface area contributed by atoms with E-state index in [-0.39, 0.29) is 11.8 Å². The lowest BCUT2D eigenvalue weighted by atomic mass is 10.1. The van der Waals surface area contributed by atoms with E-state index in [1.807, 2.05) is 32.0 Å². The van der Waals surface area contributed by atoms with Gasteiger partial charge in [-0.15, -0.1) is 0 Å². The molecule has 1 aromatic carbocycles. The third-order valence-corrected chi connectivity index (χ3v) is 7.06. The van der Waals surface area contributed by atoms with E-state index < -0.39 is 0 Å². The van der Waals surface area contributed by atoms with Crippen LogP contribution in [0.4, 0.5) is 11.4 Å². The van der Waals surface area contributed by atoms with Crippen LogP contribution in [0.2, 0.25) is 0 Å². The first-order valence-electron chi connectivity index (χ1n) is 13.1. The van der Waals surface area contributed by atoms with Gasteiger partial charge in [0.05, 0.1) is 28.8 Å². The zero-order chi connectivity index (χ0) is 26.2. The van der Waals surface area contributed by atoms with E-state index in [2.05, 4.69) is 66.6 Å². The molecule has 0 radical (unpaired) electrons. The summed E-state index contributed by atoms with van der Waals surface area (Å²) < 4.78 is 0. The van der Waals surface area contributed by atoms with Gasteiger partial charge >= 0.3 is 0 Å². The van der Waals surface area contributed by atoms with Crippen LogP contribution < -0.4 is 10.2 Å². The summed E-state index contributed by atoms with van der Waals surface area (Å²) in [6, 6.07) is 14.4. The number of aromatic nitrogens is 5. The maximum Gasteiger partial charge on any atom is 0.224 e. The van der Waals surface area contributed by atoms with Crippen molar-refractivity contribution in [3.63, 3.8) is 0 Å². The van der Waals surface area contributed by atoms with Crippen LogP contribution in [-0.4, -0.2) is 69.2 Å². The van der Waals surface area contributed by atoms with E-state index in [9.17, 15) is 4.79 Å². The van der Waals surface area contributed by atoms with Crippen molar-refractivity contribution in [3.05, 3.63) is 54.9 Å². The fourth-order valence-electron chi connectivity index (χ4n) is 5.07. The van der Waals surface area contributed by atoms with E-state index >= 15 is 0 Å². The third-order valence-electron chi connectivity index (χ3n) is 7.06. The first-order chi connectivity index (χ1) is 18.4. The SMILES string of the molecule is CC(C)CC(=O)Nc1cncc(-c2ccc3[nH]nc(-c4cc5c(N6CCN(C)CC6)cccc5[nH]4)c3n2)c1. The highest BCUT2D eigenvalue weighted by molar-refractivity contribution is 5.99. The highest BCUT2D eigenvalue weighted by atomic mass is 16.1. The maximum absolute atomic E-state index is 12.3. The maximum atomic E-state index is 12.3. The zero-order valence-electron chi connectivity index (χ0n) is 22.0. The molecule has 38 heavy (non-hydrogen) atoms. The number of hydrogen-bond donors (Lipinski definition) is 3. The summed E-state index contributed by atoms with van der Waals surface area (Å²) in [5, 5.41) is 11.9. The third kappa shape index (κ3) is 4.72. The van der Waals surface area contributed by atoms with E-state index in [1.54, 1.807) is 12.4 Å². The molecule has 0 aliphatic carbocycles. The van der Waals surface area contributed by atoms with Crippen molar-refractivity contribution in [2.45, 2.75) is 20.3 Å². The number of carbonyl (C=O) groups excluding carboxylic acids is 1. The Morgan fingerprint density at radius 1 is 1.05 bits per heavy atom. The quantitative estimate of drug-likeness (QED) is 0.301. The molecule has 1 aliphatic rings. The summed E-state index contributed by atoms with van der Waals surface area (Å²) in [6.45, 7) is 8.19. The molecule has 9 nitrogen and oxygen atoms in total. The summed E-state index contributed by atoms with van der Waals surface area (Å²) in [6.07, 6.45) is 3.89. The summed E-state index contributed by atoms with van der Waals surface area (Å²) in [7, 11) is 2.17. The van der Waals surface area contributed by atoms with Gasteiger partial charge in [-0.2, -0.15) is 5.10 Å². The highest BCUT2D eigenvalue weighted by Gasteiger charge is 2.19. The largest absolute Gasteiger partial charge is 0.368 e. The van der Waals surface area contributed by atoms with Crippen LogP contribution in [0.25, 0.3) is 44.6 Å². The number of aromatic amines is 2. The lowest BCUT2D eigenvalue weighted by molar-refractivity contribution is -0.116. The summed E-state index contributed by atoms with van der Waals surface area (Å²) in [5.74, 6) is 0.270. The Morgan fingerprint density at radius 2 is 1.89 bits per heavy atom. The molecule has 0 spiro atoms. The molecule has 6 rings (SSSR count). The monoisotopic (exact) mass is 508 g/mol. The molecule has 5 heterocycles. The second-order valence-corrected chi connectivity index (χ2v) is 10.5. The molecule has 0 saturated carbocycles. The molecule has 1 saturated heterocycles. The van der Waals surface area contributed by atoms with Crippen molar-refractivity contribution in [1.82, 2.24) is 30.0 Å². The molecular formula is C29H32N8O. The van der Waals surface area contributed by atoms with Gasteiger partial charge in [0.1, 0.15) is 11.2 Å². The van der Waals surface area contributed by atoms with Crippen molar-refractivity contribution in [3.8, 4) is 22.6 Å². The average molecular weight is 509 g/mol. The normalized spacial score (nSPS) is 14.6. The summed E-state index contributed by atoms with van der Waals surface area (Å²) in [4.78, 5) is 29.9. The van der Waals surface area contributed by atoms with Gasteiger partial charge in [-0.25, -0.2) is 4.98 Å². The molecule has 9 heteroatoms. The lowest BCUT2D eigenvalue weighted by Crippen LogP contribution is -2.44.